The molecular formula is C12H10N2O4. The van der Waals surface area contributed by atoms with Crippen molar-refractivity contribution in [2.45, 2.75) is 18.7 Å². The van der Waals surface area contributed by atoms with Gasteiger partial charge >= 0.3 is 0 Å². The van der Waals surface area contributed by atoms with E-state index in [-0.39, 0.29) is 6.42 Å². The van der Waals surface area contributed by atoms with E-state index in [0.29, 0.717) is 11.1 Å². The van der Waals surface area contributed by atoms with Crippen molar-refractivity contribution in [3.63, 3.8) is 0 Å². The predicted molar refractivity (Wildman–Crippen MR) is 59.1 cm³/mol. The molecule has 6 heteroatoms. The summed E-state index contributed by atoms with van der Waals surface area (Å²) in [4.78, 5) is 35.9. The normalized spacial score (nSPS) is 26.5. The van der Waals surface area contributed by atoms with Crippen LogP contribution in [0.4, 0.5) is 0 Å². The molecule has 2 aliphatic rings. The molecule has 1 fully saturated rings. The van der Waals surface area contributed by atoms with Crippen molar-refractivity contribution >= 4 is 17.7 Å². The number of carbonyl (C=O) groups is 3. The lowest BCUT2D eigenvalue weighted by Crippen LogP contribution is -2.42. The zero-order valence-electron chi connectivity index (χ0n) is 9.29. The van der Waals surface area contributed by atoms with Crippen LogP contribution in [0.5, 0.6) is 0 Å². The maximum Gasteiger partial charge on any atom is 0.257 e. The van der Waals surface area contributed by atoms with Gasteiger partial charge in [-0.25, -0.2) is 0 Å². The summed E-state index contributed by atoms with van der Waals surface area (Å²) in [6.07, 6.45) is -1.27. The molecule has 18 heavy (non-hydrogen) atoms. The van der Waals surface area contributed by atoms with Gasteiger partial charge in [0, 0.05) is 11.1 Å². The molecule has 0 bridgehead atoms. The fourth-order valence-electron chi connectivity index (χ4n) is 2.39. The molecule has 1 aromatic carbocycles. The van der Waals surface area contributed by atoms with Crippen molar-refractivity contribution in [2.24, 2.45) is 0 Å². The number of carbonyl (C=O) groups excluding carboxylic acids is 3. The number of rotatable bonds is 1. The van der Waals surface area contributed by atoms with Crippen LogP contribution in [0.2, 0.25) is 0 Å². The van der Waals surface area contributed by atoms with Crippen LogP contribution in [0.1, 0.15) is 28.6 Å². The van der Waals surface area contributed by atoms with E-state index in [9.17, 15) is 19.5 Å². The molecule has 0 saturated carbocycles. The first-order valence-electron chi connectivity index (χ1n) is 5.53. The Morgan fingerprint density at radius 3 is 2.56 bits per heavy atom. The lowest BCUT2D eigenvalue weighted by molar-refractivity contribution is -0.127. The number of hydrogen-bond donors (Lipinski definition) is 2. The minimum absolute atomic E-state index is 0.102. The van der Waals surface area contributed by atoms with Gasteiger partial charge in [-0.15, -0.1) is 0 Å². The molecule has 1 aromatic rings. The van der Waals surface area contributed by atoms with Gasteiger partial charge in [0.05, 0.1) is 6.42 Å². The Bertz CT molecular complexity index is 569. The van der Waals surface area contributed by atoms with Gasteiger partial charge in [0.25, 0.3) is 5.91 Å². The van der Waals surface area contributed by atoms with Gasteiger partial charge in [-0.1, -0.05) is 18.2 Å². The highest BCUT2D eigenvalue weighted by atomic mass is 16.3. The third-order valence-corrected chi connectivity index (χ3v) is 3.25. The van der Waals surface area contributed by atoms with Gasteiger partial charge in [0.2, 0.25) is 11.8 Å². The highest BCUT2D eigenvalue weighted by Gasteiger charge is 2.46. The summed E-state index contributed by atoms with van der Waals surface area (Å²) >= 11 is 0. The lowest BCUT2D eigenvalue weighted by Gasteiger charge is -2.24. The quantitative estimate of drug-likeness (QED) is 0.657. The van der Waals surface area contributed by atoms with Crippen LogP contribution >= 0.6 is 0 Å². The van der Waals surface area contributed by atoms with Crippen LogP contribution < -0.4 is 5.32 Å². The number of nitrogens with zero attached hydrogens (tertiary/aromatic N) is 1. The average Bonchev–Trinajstić information content (AvgIpc) is 2.79. The minimum atomic E-state index is -1.17. The first-order chi connectivity index (χ1) is 8.59. The summed E-state index contributed by atoms with van der Waals surface area (Å²) in [6.45, 7) is 0. The molecule has 2 heterocycles. The van der Waals surface area contributed by atoms with Crippen molar-refractivity contribution in [3.05, 3.63) is 35.4 Å². The monoisotopic (exact) mass is 246 g/mol. The van der Waals surface area contributed by atoms with Crippen LogP contribution in [0.15, 0.2) is 24.3 Å². The van der Waals surface area contributed by atoms with Crippen molar-refractivity contribution in [3.8, 4) is 0 Å². The van der Waals surface area contributed by atoms with Gasteiger partial charge in [0.1, 0.15) is 6.04 Å². The molecule has 0 aromatic heterocycles. The first-order valence-corrected chi connectivity index (χ1v) is 5.53. The summed E-state index contributed by atoms with van der Waals surface area (Å²) in [6, 6.07) is 5.70. The Hall–Kier alpha value is -2.21. The fraction of sp³-hybridized carbons (Fsp3) is 0.250. The van der Waals surface area contributed by atoms with Crippen molar-refractivity contribution in [1.82, 2.24) is 10.2 Å². The Labute approximate surface area is 102 Å². The molecule has 0 spiro atoms. The second-order valence-corrected chi connectivity index (χ2v) is 4.31. The zero-order valence-corrected chi connectivity index (χ0v) is 9.29. The number of nitrogens with one attached hydrogen (secondary N) is 1. The summed E-state index contributed by atoms with van der Waals surface area (Å²) < 4.78 is 0. The molecule has 0 aliphatic carbocycles. The SMILES string of the molecule is O=C1CC(N2C(=O)c3ccccc3C2O)C(=O)N1. The van der Waals surface area contributed by atoms with Crippen molar-refractivity contribution in [1.29, 1.82) is 0 Å². The van der Waals surface area contributed by atoms with E-state index < -0.39 is 30.0 Å². The zero-order chi connectivity index (χ0) is 12.9. The van der Waals surface area contributed by atoms with E-state index in [1.165, 1.54) is 0 Å². The average molecular weight is 246 g/mol. The first kappa shape index (κ1) is 10.9. The molecule has 0 radical (unpaired) electrons. The van der Waals surface area contributed by atoms with E-state index >= 15 is 0 Å². The third kappa shape index (κ3) is 1.36. The van der Waals surface area contributed by atoms with Gasteiger partial charge in [-0.2, -0.15) is 0 Å². The molecule has 6 nitrogen and oxygen atoms in total. The highest BCUT2D eigenvalue weighted by molar-refractivity contribution is 6.09. The number of fused-ring (bicyclic) bond motifs is 1. The molecule has 3 amide bonds. The van der Waals surface area contributed by atoms with E-state index in [1.54, 1.807) is 24.3 Å². The Morgan fingerprint density at radius 2 is 1.94 bits per heavy atom. The highest BCUT2D eigenvalue weighted by Crippen LogP contribution is 2.34. The van der Waals surface area contributed by atoms with Gasteiger partial charge in [0.15, 0.2) is 6.23 Å². The second kappa shape index (κ2) is 3.64. The molecule has 2 atom stereocenters. The standard InChI is InChI=1S/C12H10N2O4/c15-9-5-8(10(16)13-9)14-11(17)6-3-1-2-4-7(6)12(14)18/h1-4,8,11,17H,5H2,(H,13,15,16). The van der Waals surface area contributed by atoms with Crippen LogP contribution in [0, 0.1) is 0 Å². The van der Waals surface area contributed by atoms with Crippen LogP contribution in [0.25, 0.3) is 0 Å². The number of aliphatic hydroxyl groups is 1. The van der Waals surface area contributed by atoms with Gasteiger partial charge in [-0.05, 0) is 6.07 Å². The fourth-order valence-corrected chi connectivity index (χ4v) is 2.39. The number of benzene rings is 1. The maximum absolute atomic E-state index is 12.1. The maximum atomic E-state index is 12.1. The van der Waals surface area contributed by atoms with Gasteiger partial charge in [-0.3, -0.25) is 24.6 Å². The topological polar surface area (TPSA) is 86.7 Å². The Morgan fingerprint density at radius 1 is 1.22 bits per heavy atom. The van der Waals surface area contributed by atoms with E-state index in [2.05, 4.69) is 5.32 Å². The predicted octanol–water partition coefficient (Wildman–Crippen LogP) is -0.452. The molecule has 2 N–H and O–H groups in total. The Kier molecular flexibility index (Phi) is 2.21. The number of aliphatic hydroxyl groups excluding tert-OH is 1. The number of hydrogen-bond acceptors (Lipinski definition) is 4. The third-order valence-electron chi connectivity index (χ3n) is 3.25. The molecule has 2 unspecified atom stereocenters. The van der Waals surface area contributed by atoms with Crippen LogP contribution in [-0.2, 0) is 9.59 Å². The summed E-state index contributed by atoms with van der Waals surface area (Å²) in [7, 11) is 0. The van der Waals surface area contributed by atoms with Gasteiger partial charge < -0.3 is 5.11 Å². The number of imide groups is 1. The minimum Gasteiger partial charge on any atom is -0.369 e. The smallest absolute Gasteiger partial charge is 0.257 e. The Balaban J connectivity index is 1.99. The lowest BCUT2D eigenvalue weighted by atomic mass is 10.1. The second-order valence-electron chi connectivity index (χ2n) is 4.31. The summed E-state index contributed by atoms with van der Waals surface area (Å²) in [5, 5.41) is 12.2. The summed E-state index contributed by atoms with van der Waals surface area (Å²) in [5.41, 5.74) is 0.840. The molecule has 2 aliphatic heterocycles. The largest absolute Gasteiger partial charge is 0.369 e. The van der Waals surface area contributed by atoms with Crippen molar-refractivity contribution < 1.29 is 19.5 Å². The van der Waals surface area contributed by atoms with Crippen molar-refractivity contribution in [2.75, 3.05) is 0 Å². The number of amides is 3. The van der Waals surface area contributed by atoms with Crippen LogP contribution in [-0.4, -0.2) is 33.8 Å². The molecule has 92 valence electrons. The molecule has 3 rings (SSSR count). The summed E-state index contributed by atoms with van der Waals surface area (Å²) in [5.74, 6) is -1.39. The van der Waals surface area contributed by atoms with E-state index in [1.807, 2.05) is 0 Å². The molecule has 1 saturated heterocycles. The van der Waals surface area contributed by atoms with E-state index in [0.717, 1.165) is 4.90 Å². The van der Waals surface area contributed by atoms with Crippen LogP contribution in [0.3, 0.4) is 0 Å². The van der Waals surface area contributed by atoms with E-state index in [4.69, 9.17) is 0 Å². The molecular weight excluding hydrogens is 236 g/mol.